The fourth-order valence-electron chi connectivity index (χ4n) is 0.163. The summed E-state index contributed by atoms with van der Waals surface area (Å²) in [7, 11) is 0. The van der Waals surface area contributed by atoms with Crippen LogP contribution in [0.2, 0.25) is 0 Å². The maximum absolute atomic E-state index is 11.6. The van der Waals surface area contributed by atoms with Gasteiger partial charge in [-0.05, 0) is 6.92 Å². The Morgan fingerprint density at radius 1 is 2.00 bits per heavy atom. The third kappa shape index (κ3) is 5.31. The largest absolute Gasteiger partial charge is 0.246 e. The van der Waals surface area contributed by atoms with Crippen LogP contribution in [0, 0.1) is 0 Å². The number of carbonyl (C=O) groups excluding carboxylic acids is 1. The lowest BCUT2D eigenvalue weighted by Gasteiger charge is -1.86. The van der Waals surface area contributed by atoms with E-state index in [0.29, 0.717) is 0 Å². The summed E-state index contributed by atoms with van der Waals surface area (Å²) in [4.78, 5) is 12.2. The molecular weight excluding hydrogens is 97.0 g/mol. The second kappa shape index (κ2) is 3.50. The molecule has 0 aliphatic carbocycles. The van der Waals surface area contributed by atoms with Gasteiger partial charge in [0.15, 0.2) is 0 Å². The Hall–Kier alpha value is -0.690. The number of hydrogen-bond donors (Lipinski definition) is 0. The Kier molecular flexibility index (Phi) is 3.15. The van der Waals surface area contributed by atoms with Gasteiger partial charge >= 0.3 is 0 Å². The average molecular weight is 103 g/mol. The predicted octanol–water partition coefficient (Wildman–Crippen LogP) is 0.680. The highest BCUT2D eigenvalue weighted by atomic mass is 19.1. The first-order chi connectivity index (χ1) is 3.27. The van der Waals surface area contributed by atoms with Crippen LogP contribution < -0.4 is 0 Å². The monoisotopic (exact) mass is 103 g/mol. The summed E-state index contributed by atoms with van der Waals surface area (Å²) < 4.78 is 11.6. The molecule has 0 saturated carbocycles. The molecule has 0 rings (SSSR count). The van der Waals surface area contributed by atoms with E-state index in [-0.39, 0.29) is 6.54 Å². The van der Waals surface area contributed by atoms with Crippen molar-refractivity contribution in [2.45, 2.75) is 13.1 Å². The minimum atomic E-state index is -1.03. The molecule has 0 heterocycles. The third-order valence-corrected chi connectivity index (χ3v) is 0.407. The molecule has 7 heavy (non-hydrogen) atoms. The lowest BCUT2D eigenvalue weighted by molar-refractivity contribution is 0.370. The van der Waals surface area contributed by atoms with Crippen LogP contribution in [0.3, 0.4) is 0 Å². The average Bonchev–Trinajstić information content (AvgIpc) is 1.61. The van der Waals surface area contributed by atoms with E-state index in [2.05, 4.69) is 4.99 Å². The second-order valence-corrected chi connectivity index (χ2v) is 1.21. The molecule has 0 spiro atoms. The van der Waals surface area contributed by atoms with Crippen LogP contribution in [0.1, 0.15) is 6.92 Å². The molecule has 0 aliphatic rings. The van der Waals surface area contributed by atoms with Gasteiger partial charge in [0.2, 0.25) is 6.08 Å². The molecule has 0 bridgehead atoms. The van der Waals surface area contributed by atoms with Crippen LogP contribution in [-0.2, 0) is 4.79 Å². The SMILES string of the molecule is C[C@@H](F)CN=C=O. The highest BCUT2D eigenvalue weighted by molar-refractivity contribution is 5.32. The van der Waals surface area contributed by atoms with Crippen LogP contribution in [0.4, 0.5) is 4.39 Å². The zero-order valence-electron chi connectivity index (χ0n) is 4.02. The van der Waals surface area contributed by atoms with E-state index >= 15 is 0 Å². The van der Waals surface area contributed by atoms with Gasteiger partial charge < -0.3 is 0 Å². The van der Waals surface area contributed by atoms with Crippen LogP contribution >= 0.6 is 0 Å². The van der Waals surface area contributed by atoms with E-state index in [4.69, 9.17) is 0 Å². The quantitative estimate of drug-likeness (QED) is 0.373. The number of aliphatic imine (C=N–C) groups is 1. The lowest BCUT2D eigenvalue weighted by Crippen LogP contribution is -1.95. The van der Waals surface area contributed by atoms with E-state index in [1.54, 1.807) is 0 Å². The minimum absolute atomic E-state index is 0.0660. The van der Waals surface area contributed by atoms with Crippen molar-refractivity contribution in [3.05, 3.63) is 0 Å². The first-order valence-corrected chi connectivity index (χ1v) is 1.95. The number of nitrogens with zero attached hydrogens (tertiary/aromatic N) is 1. The molecular formula is C4H6FNO. The van der Waals surface area contributed by atoms with Crippen molar-refractivity contribution in [1.82, 2.24) is 0 Å². The van der Waals surface area contributed by atoms with Crippen molar-refractivity contribution in [1.29, 1.82) is 0 Å². The van der Waals surface area contributed by atoms with Gasteiger partial charge in [-0.1, -0.05) is 0 Å². The fraction of sp³-hybridized carbons (Fsp3) is 0.750. The summed E-state index contributed by atoms with van der Waals surface area (Å²) in [6, 6.07) is 0. The van der Waals surface area contributed by atoms with Gasteiger partial charge in [0.25, 0.3) is 0 Å². The number of alkyl halides is 1. The first kappa shape index (κ1) is 6.31. The normalized spacial score (nSPS) is 12.3. The number of rotatable bonds is 2. The molecule has 0 aromatic carbocycles. The van der Waals surface area contributed by atoms with Crippen LogP contribution in [0.15, 0.2) is 4.99 Å². The Morgan fingerprint density at radius 2 is 2.57 bits per heavy atom. The van der Waals surface area contributed by atoms with Gasteiger partial charge in [0, 0.05) is 0 Å². The van der Waals surface area contributed by atoms with E-state index in [1.807, 2.05) is 0 Å². The van der Waals surface area contributed by atoms with Gasteiger partial charge in [-0.15, -0.1) is 0 Å². The summed E-state index contributed by atoms with van der Waals surface area (Å²) >= 11 is 0. The van der Waals surface area contributed by atoms with Gasteiger partial charge in [-0.3, -0.25) is 0 Å². The van der Waals surface area contributed by atoms with Crippen LogP contribution in [-0.4, -0.2) is 18.8 Å². The standard InChI is InChI=1S/C4H6FNO/c1-4(5)2-6-3-7/h4H,2H2,1H3/t4-/m1/s1. The highest BCUT2D eigenvalue weighted by Gasteiger charge is 1.90. The van der Waals surface area contributed by atoms with E-state index in [9.17, 15) is 9.18 Å². The van der Waals surface area contributed by atoms with E-state index < -0.39 is 6.17 Å². The van der Waals surface area contributed by atoms with Gasteiger partial charge in [0.05, 0.1) is 6.54 Å². The van der Waals surface area contributed by atoms with Crippen molar-refractivity contribution in [3.63, 3.8) is 0 Å². The van der Waals surface area contributed by atoms with Gasteiger partial charge in [-0.2, -0.15) is 0 Å². The van der Waals surface area contributed by atoms with Crippen LogP contribution in [0.25, 0.3) is 0 Å². The summed E-state index contributed by atoms with van der Waals surface area (Å²) in [5.74, 6) is 0. The molecule has 0 amide bonds. The molecule has 0 aliphatic heterocycles. The van der Waals surface area contributed by atoms with Crippen molar-refractivity contribution >= 4 is 6.08 Å². The van der Waals surface area contributed by atoms with Crippen molar-refractivity contribution < 1.29 is 9.18 Å². The van der Waals surface area contributed by atoms with E-state index in [0.717, 1.165) is 0 Å². The highest BCUT2D eigenvalue weighted by Crippen LogP contribution is 1.84. The zero-order valence-corrected chi connectivity index (χ0v) is 4.02. The number of halogens is 1. The van der Waals surface area contributed by atoms with Gasteiger partial charge in [-0.25, -0.2) is 14.2 Å². The Morgan fingerprint density at radius 3 is 2.71 bits per heavy atom. The second-order valence-electron chi connectivity index (χ2n) is 1.21. The molecule has 1 atom stereocenters. The smallest absolute Gasteiger partial charge is 0.235 e. The fourth-order valence-corrected chi connectivity index (χ4v) is 0.163. The molecule has 0 unspecified atom stereocenters. The maximum Gasteiger partial charge on any atom is 0.235 e. The number of isocyanates is 1. The Bertz CT molecular complexity index is 85.7. The predicted molar refractivity (Wildman–Crippen MR) is 23.6 cm³/mol. The summed E-state index contributed by atoms with van der Waals surface area (Å²) in [6.45, 7) is 1.27. The maximum atomic E-state index is 11.6. The molecule has 0 aromatic rings. The molecule has 0 aromatic heterocycles. The lowest BCUT2D eigenvalue weighted by atomic mass is 10.5. The molecule has 0 saturated heterocycles. The minimum Gasteiger partial charge on any atom is -0.246 e. The summed E-state index contributed by atoms with van der Waals surface area (Å²) in [5, 5.41) is 0. The number of hydrogen-bond acceptors (Lipinski definition) is 2. The summed E-state index contributed by atoms with van der Waals surface area (Å²) in [5.41, 5.74) is 0. The van der Waals surface area contributed by atoms with Crippen molar-refractivity contribution in [2.24, 2.45) is 4.99 Å². The van der Waals surface area contributed by atoms with Crippen molar-refractivity contribution in [2.75, 3.05) is 6.54 Å². The third-order valence-electron chi connectivity index (χ3n) is 0.407. The van der Waals surface area contributed by atoms with E-state index in [1.165, 1.54) is 13.0 Å². The summed E-state index contributed by atoms with van der Waals surface area (Å²) in [6.07, 6.45) is 0.208. The Labute approximate surface area is 41.1 Å². The first-order valence-electron chi connectivity index (χ1n) is 1.95. The molecule has 0 N–H and O–H groups in total. The molecule has 2 nitrogen and oxygen atoms in total. The molecule has 0 fully saturated rings. The molecule has 3 heteroatoms. The van der Waals surface area contributed by atoms with Crippen molar-refractivity contribution in [3.8, 4) is 0 Å². The Balaban J connectivity index is 3.13. The topological polar surface area (TPSA) is 29.4 Å². The van der Waals surface area contributed by atoms with Crippen LogP contribution in [0.5, 0.6) is 0 Å². The van der Waals surface area contributed by atoms with Gasteiger partial charge in [0.1, 0.15) is 6.17 Å². The zero-order chi connectivity index (χ0) is 5.70. The molecule has 0 radical (unpaired) electrons. The molecule has 40 valence electrons.